The predicted molar refractivity (Wildman–Crippen MR) is 159 cm³/mol. The standard InChI is InChI=1S/C34H28O11/c1-2-40-27-14-15-29(31(19-27)33(37)38)34(39)43-20-23-8-10-24(11-9-23)21-44-45-22-25-12-13-28(18-30(25)32(35)36)42-17-16-41-26-6-4-3-5-7-26/h1,3-15,18-19H,16-17,20-22H2,(H,35,36)(H,37,38). The summed E-state index contributed by atoms with van der Waals surface area (Å²) in [6.45, 7) is 0.386. The summed E-state index contributed by atoms with van der Waals surface area (Å²) in [6, 6.07) is 24.6. The van der Waals surface area contributed by atoms with Gasteiger partial charge in [0.25, 0.3) is 0 Å². The van der Waals surface area contributed by atoms with Crippen molar-refractivity contribution in [3.63, 3.8) is 0 Å². The summed E-state index contributed by atoms with van der Waals surface area (Å²) >= 11 is 0. The molecular weight excluding hydrogens is 584 g/mol. The third-order valence-corrected chi connectivity index (χ3v) is 6.21. The average molecular weight is 613 g/mol. The summed E-state index contributed by atoms with van der Waals surface area (Å²) in [4.78, 5) is 46.4. The minimum atomic E-state index is -1.33. The molecule has 0 unspecified atom stereocenters. The van der Waals surface area contributed by atoms with Gasteiger partial charge in [0.15, 0.2) is 0 Å². The highest BCUT2D eigenvalue weighted by molar-refractivity contribution is 6.02. The maximum atomic E-state index is 12.5. The summed E-state index contributed by atoms with van der Waals surface area (Å²) in [6.07, 6.45) is 7.00. The molecule has 0 heterocycles. The SMILES string of the molecule is C#COc1ccc(C(=O)OCc2ccc(COOCc3ccc(OCCOc4ccccc4)cc3C(=O)O)cc2)c(C(=O)O)c1. The van der Waals surface area contributed by atoms with Crippen LogP contribution in [0.5, 0.6) is 17.2 Å². The van der Waals surface area contributed by atoms with Crippen molar-refractivity contribution in [1.29, 1.82) is 0 Å². The van der Waals surface area contributed by atoms with Gasteiger partial charge in [0, 0.05) is 0 Å². The quantitative estimate of drug-likeness (QED) is 0.0542. The maximum absolute atomic E-state index is 12.5. The van der Waals surface area contributed by atoms with E-state index in [0.717, 1.165) is 11.6 Å². The van der Waals surface area contributed by atoms with E-state index in [4.69, 9.17) is 35.1 Å². The smallest absolute Gasteiger partial charge is 0.339 e. The van der Waals surface area contributed by atoms with Gasteiger partial charge in [-0.15, -0.1) is 0 Å². The third-order valence-electron chi connectivity index (χ3n) is 6.21. The van der Waals surface area contributed by atoms with Gasteiger partial charge in [0.05, 0.1) is 16.7 Å². The van der Waals surface area contributed by atoms with Crippen LogP contribution in [-0.4, -0.2) is 41.3 Å². The molecule has 11 heteroatoms. The molecule has 0 aromatic heterocycles. The predicted octanol–water partition coefficient (Wildman–Crippen LogP) is 5.52. The second-order valence-corrected chi connectivity index (χ2v) is 9.28. The molecule has 0 atom stereocenters. The number of ether oxygens (including phenoxy) is 4. The van der Waals surface area contributed by atoms with Crippen molar-refractivity contribution in [2.75, 3.05) is 13.2 Å². The summed E-state index contributed by atoms with van der Waals surface area (Å²) in [5.74, 6) is -2.08. The molecule has 11 nitrogen and oxygen atoms in total. The molecule has 230 valence electrons. The number of carbonyl (C=O) groups excluding carboxylic acids is 1. The van der Waals surface area contributed by atoms with Crippen LogP contribution in [0.15, 0.2) is 91.0 Å². The Morgan fingerprint density at radius 3 is 1.89 bits per heavy atom. The second-order valence-electron chi connectivity index (χ2n) is 9.28. The molecule has 0 radical (unpaired) electrons. The molecule has 0 saturated heterocycles. The normalized spacial score (nSPS) is 10.4. The van der Waals surface area contributed by atoms with Crippen LogP contribution < -0.4 is 14.2 Å². The Hall–Kier alpha value is -5.83. The first kappa shape index (κ1) is 32.1. The fourth-order valence-electron chi connectivity index (χ4n) is 3.99. The number of para-hydroxylation sites is 1. The Bertz CT molecular complexity index is 1660. The van der Waals surface area contributed by atoms with Gasteiger partial charge < -0.3 is 29.2 Å². The molecule has 0 saturated carbocycles. The van der Waals surface area contributed by atoms with Crippen molar-refractivity contribution < 1.29 is 53.3 Å². The van der Waals surface area contributed by atoms with Crippen molar-refractivity contribution in [2.24, 2.45) is 0 Å². The summed E-state index contributed by atoms with van der Waals surface area (Å²) in [7, 11) is 0. The molecule has 0 amide bonds. The van der Waals surface area contributed by atoms with E-state index in [0.29, 0.717) is 29.2 Å². The van der Waals surface area contributed by atoms with E-state index in [9.17, 15) is 24.6 Å². The lowest BCUT2D eigenvalue weighted by molar-refractivity contribution is -0.313. The Kier molecular flexibility index (Phi) is 11.5. The molecule has 45 heavy (non-hydrogen) atoms. The number of benzene rings is 4. The van der Waals surface area contributed by atoms with Crippen LogP contribution >= 0.6 is 0 Å². The zero-order chi connectivity index (χ0) is 32.0. The number of carboxylic acids is 2. The van der Waals surface area contributed by atoms with Gasteiger partial charge in [-0.3, -0.25) is 0 Å². The molecule has 2 N–H and O–H groups in total. The number of hydrogen-bond donors (Lipinski definition) is 2. The van der Waals surface area contributed by atoms with Crippen LogP contribution in [-0.2, 0) is 34.3 Å². The van der Waals surface area contributed by atoms with Crippen molar-refractivity contribution >= 4 is 17.9 Å². The molecule has 0 bridgehead atoms. The minimum Gasteiger partial charge on any atom is -0.490 e. The third kappa shape index (κ3) is 9.59. The van der Waals surface area contributed by atoms with E-state index in [1.54, 1.807) is 36.4 Å². The van der Waals surface area contributed by atoms with Crippen molar-refractivity contribution in [3.8, 4) is 29.8 Å². The highest BCUT2D eigenvalue weighted by Gasteiger charge is 2.19. The number of carboxylic acid groups (broad SMARTS) is 2. The molecular formula is C34H28O11. The van der Waals surface area contributed by atoms with Gasteiger partial charge >= 0.3 is 17.9 Å². The zero-order valence-electron chi connectivity index (χ0n) is 23.8. The van der Waals surface area contributed by atoms with Crippen LogP contribution in [0.4, 0.5) is 0 Å². The highest BCUT2D eigenvalue weighted by Crippen LogP contribution is 2.21. The molecule has 4 rings (SSSR count). The first-order chi connectivity index (χ1) is 21.8. The number of esters is 1. The first-order valence-electron chi connectivity index (χ1n) is 13.5. The van der Waals surface area contributed by atoms with Gasteiger partial charge in [0.1, 0.15) is 56.4 Å². The summed E-state index contributed by atoms with van der Waals surface area (Å²) in [5.41, 5.74) is 1.36. The van der Waals surface area contributed by atoms with E-state index >= 15 is 0 Å². The molecule has 0 aliphatic rings. The average Bonchev–Trinajstić information content (AvgIpc) is 3.05. The van der Waals surface area contributed by atoms with Gasteiger partial charge in [-0.1, -0.05) is 55.0 Å². The topological polar surface area (TPSA) is 147 Å². The maximum Gasteiger partial charge on any atom is 0.339 e. The van der Waals surface area contributed by atoms with E-state index in [1.807, 2.05) is 36.4 Å². The van der Waals surface area contributed by atoms with E-state index in [1.165, 1.54) is 18.2 Å². The first-order valence-corrected chi connectivity index (χ1v) is 13.5. The number of aromatic carboxylic acids is 2. The fourth-order valence-corrected chi connectivity index (χ4v) is 3.99. The lowest BCUT2D eigenvalue weighted by Gasteiger charge is -2.11. The molecule has 0 aliphatic carbocycles. The van der Waals surface area contributed by atoms with Crippen molar-refractivity contribution in [1.82, 2.24) is 0 Å². The number of hydrogen-bond acceptors (Lipinski definition) is 9. The van der Waals surface area contributed by atoms with Crippen LogP contribution in [0.2, 0.25) is 0 Å². The van der Waals surface area contributed by atoms with Gasteiger partial charge in [-0.2, -0.15) is 0 Å². The van der Waals surface area contributed by atoms with Gasteiger partial charge in [-0.25, -0.2) is 24.2 Å². The monoisotopic (exact) mass is 612 g/mol. The van der Waals surface area contributed by atoms with Crippen molar-refractivity contribution in [3.05, 3.63) is 124 Å². The van der Waals surface area contributed by atoms with Crippen LogP contribution in [0, 0.1) is 12.5 Å². The Morgan fingerprint density at radius 2 is 1.22 bits per heavy atom. The van der Waals surface area contributed by atoms with Crippen LogP contribution in [0.1, 0.15) is 47.8 Å². The fraction of sp³-hybridized carbons (Fsp3) is 0.147. The lowest BCUT2D eigenvalue weighted by Crippen LogP contribution is -2.12. The second kappa shape index (κ2) is 16.1. The Labute approximate surface area is 258 Å². The van der Waals surface area contributed by atoms with Gasteiger partial charge in [-0.05, 0) is 59.2 Å². The molecule has 4 aromatic carbocycles. The summed E-state index contributed by atoms with van der Waals surface area (Å²) < 4.78 is 21.3. The zero-order valence-corrected chi connectivity index (χ0v) is 23.8. The van der Waals surface area contributed by atoms with E-state index in [-0.39, 0.29) is 48.9 Å². The number of rotatable bonds is 16. The van der Waals surface area contributed by atoms with Crippen molar-refractivity contribution in [2.45, 2.75) is 19.8 Å². The highest BCUT2D eigenvalue weighted by atomic mass is 17.2. The largest absolute Gasteiger partial charge is 0.490 e. The summed E-state index contributed by atoms with van der Waals surface area (Å²) in [5, 5.41) is 19.1. The van der Waals surface area contributed by atoms with E-state index < -0.39 is 17.9 Å². The van der Waals surface area contributed by atoms with Crippen LogP contribution in [0.25, 0.3) is 0 Å². The Balaban J connectivity index is 1.22. The van der Waals surface area contributed by atoms with Crippen LogP contribution in [0.3, 0.4) is 0 Å². The van der Waals surface area contributed by atoms with E-state index in [2.05, 4.69) is 0 Å². The molecule has 0 fully saturated rings. The molecule has 0 aliphatic heterocycles. The number of terminal acetylenes is 1. The molecule has 0 spiro atoms. The van der Waals surface area contributed by atoms with Gasteiger partial charge in [0.2, 0.25) is 0 Å². The minimum absolute atomic E-state index is 0.0197. The Morgan fingerprint density at radius 1 is 0.622 bits per heavy atom. The molecule has 4 aromatic rings. The number of carbonyl (C=O) groups is 3. The lowest BCUT2D eigenvalue weighted by atomic mass is 10.1.